The number of benzene rings is 2. The van der Waals surface area contributed by atoms with Crippen LogP contribution < -0.4 is 10.1 Å². The van der Waals surface area contributed by atoms with Crippen LogP contribution in [0.5, 0.6) is 5.75 Å². The highest BCUT2D eigenvalue weighted by molar-refractivity contribution is 5.82. The first-order valence-corrected chi connectivity index (χ1v) is 9.12. The van der Waals surface area contributed by atoms with Gasteiger partial charge in [0.05, 0.1) is 6.04 Å². The van der Waals surface area contributed by atoms with Gasteiger partial charge < -0.3 is 10.1 Å². The maximum absolute atomic E-state index is 12.6. The Morgan fingerprint density at radius 3 is 2.56 bits per heavy atom. The van der Waals surface area contributed by atoms with E-state index in [1.54, 1.807) is 0 Å². The zero-order valence-electron chi connectivity index (χ0n) is 14.4. The van der Waals surface area contributed by atoms with Crippen LogP contribution in [-0.4, -0.2) is 36.5 Å². The summed E-state index contributed by atoms with van der Waals surface area (Å²) in [5, 5.41) is 3.13. The van der Waals surface area contributed by atoms with Crippen molar-refractivity contribution in [3.63, 3.8) is 0 Å². The van der Waals surface area contributed by atoms with Crippen molar-refractivity contribution < 1.29 is 9.53 Å². The molecule has 4 rings (SSSR count). The van der Waals surface area contributed by atoms with Gasteiger partial charge >= 0.3 is 0 Å². The van der Waals surface area contributed by atoms with E-state index in [1.165, 1.54) is 18.4 Å². The first-order valence-electron chi connectivity index (χ1n) is 9.12. The number of rotatable bonds is 5. The molecule has 0 aliphatic carbocycles. The molecule has 25 heavy (non-hydrogen) atoms. The number of amides is 1. The smallest absolute Gasteiger partial charge is 0.261 e. The lowest BCUT2D eigenvalue weighted by Crippen LogP contribution is -2.42. The van der Waals surface area contributed by atoms with E-state index in [4.69, 9.17) is 4.74 Å². The third-order valence-corrected chi connectivity index (χ3v) is 5.17. The van der Waals surface area contributed by atoms with Crippen LogP contribution in [0.4, 0.5) is 0 Å². The summed E-state index contributed by atoms with van der Waals surface area (Å²) in [5.41, 5.74) is 2.38. The average molecular weight is 336 g/mol. The molecule has 1 fully saturated rings. The predicted molar refractivity (Wildman–Crippen MR) is 97.6 cm³/mol. The third-order valence-electron chi connectivity index (χ3n) is 5.17. The SMILES string of the molecule is O=C(NC[C@@H](c1ccccc1)N1CCCC1)[C@H]1Cc2ccccc2O1. The molecular formula is C21H24N2O2. The summed E-state index contributed by atoms with van der Waals surface area (Å²) in [6, 6.07) is 18.6. The van der Waals surface area contributed by atoms with Crippen LogP contribution >= 0.6 is 0 Å². The van der Waals surface area contributed by atoms with E-state index in [0.29, 0.717) is 13.0 Å². The molecule has 1 saturated heterocycles. The first kappa shape index (κ1) is 16.2. The van der Waals surface area contributed by atoms with E-state index >= 15 is 0 Å². The van der Waals surface area contributed by atoms with E-state index in [1.807, 2.05) is 30.3 Å². The molecule has 2 aromatic rings. The van der Waals surface area contributed by atoms with E-state index in [0.717, 1.165) is 24.4 Å². The molecule has 2 aliphatic rings. The lowest BCUT2D eigenvalue weighted by Gasteiger charge is -2.28. The highest BCUT2D eigenvalue weighted by Crippen LogP contribution is 2.28. The Labute approximate surface area is 148 Å². The number of nitrogens with zero attached hydrogens (tertiary/aromatic N) is 1. The Bertz CT molecular complexity index is 701. The molecule has 0 radical (unpaired) electrons. The Balaban J connectivity index is 1.40. The van der Waals surface area contributed by atoms with Crippen LogP contribution in [0, 0.1) is 0 Å². The minimum atomic E-state index is -0.410. The lowest BCUT2D eigenvalue weighted by atomic mass is 10.1. The van der Waals surface area contributed by atoms with Gasteiger partial charge in [0.1, 0.15) is 5.75 Å². The summed E-state index contributed by atoms with van der Waals surface area (Å²) in [4.78, 5) is 15.1. The average Bonchev–Trinajstić information content (AvgIpc) is 3.32. The minimum Gasteiger partial charge on any atom is -0.480 e. The van der Waals surface area contributed by atoms with Crippen molar-refractivity contribution in [2.45, 2.75) is 31.4 Å². The number of ether oxygens (including phenoxy) is 1. The number of para-hydroxylation sites is 1. The maximum atomic E-state index is 12.6. The fraction of sp³-hybridized carbons (Fsp3) is 0.381. The van der Waals surface area contributed by atoms with Crippen molar-refractivity contribution in [3.8, 4) is 5.75 Å². The van der Waals surface area contributed by atoms with Crippen molar-refractivity contribution >= 4 is 5.91 Å². The first-order chi connectivity index (χ1) is 12.3. The van der Waals surface area contributed by atoms with Gasteiger partial charge in [0, 0.05) is 13.0 Å². The number of fused-ring (bicyclic) bond motifs is 1. The lowest BCUT2D eigenvalue weighted by molar-refractivity contribution is -0.127. The number of nitrogens with one attached hydrogen (secondary N) is 1. The molecule has 0 bridgehead atoms. The number of likely N-dealkylation sites (tertiary alicyclic amines) is 1. The van der Waals surface area contributed by atoms with Gasteiger partial charge in [-0.25, -0.2) is 0 Å². The molecule has 2 aliphatic heterocycles. The Morgan fingerprint density at radius 1 is 1.08 bits per heavy atom. The summed E-state index contributed by atoms with van der Waals surface area (Å²) >= 11 is 0. The van der Waals surface area contributed by atoms with Gasteiger partial charge in [-0.15, -0.1) is 0 Å². The van der Waals surface area contributed by atoms with Crippen LogP contribution in [0.1, 0.15) is 30.0 Å². The molecule has 0 aromatic heterocycles. The van der Waals surface area contributed by atoms with E-state index < -0.39 is 6.10 Å². The molecule has 4 nitrogen and oxygen atoms in total. The summed E-state index contributed by atoms with van der Waals surface area (Å²) in [7, 11) is 0. The van der Waals surface area contributed by atoms with Crippen molar-refractivity contribution in [3.05, 3.63) is 65.7 Å². The largest absolute Gasteiger partial charge is 0.480 e. The normalized spacial score (nSPS) is 20.7. The fourth-order valence-corrected chi connectivity index (χ4v) is 3.83. The molecule has 2 aromatic carbocycles. The topological polar surface area (TPSA) is 41.6 Å². The molecule has 0 spiro atoms. The van der Waals surface area contributed by atoms with Crippen LogP contribution in [0.3, 0.4) is 0 Å². The van der Waals surface area contributed by atoms with Gasteiger partial charge in [0.15, 0.2) is 6.10 Å². The molecule has 1 amide bonds. The van der Waals surface area contributed by atoms with Crippen molar-refractivity contribution in [2.24, 2.45) is 0 Å². The summed E-state index contributed by atoms with van der Waals surface area (Å²) in [6.45, 7) is 2.82. The second-order valence-electron chi connectivity index (χ2n) is 6.83. The molecule has 4 heteroatoms. The molecule has 2 heterocycles. The molecule has 2 atom stereocenters. The Hall–Kier alpha value is -2.33. The van der Waals surface area contributed by atoms with E-state index in [-0.39, 0.29) is 11.9 Å². The maximum Gasteiger partial charge on any atom is 0.261 e. The van der Waals surface area contributed by atoms with Gasteiger partial charge in [-0.2, -0.15) is 0 Å². The third kappa shape index (κ3) is 3.54. The van der Waals surface area contributed by atoms with Gasteiger partial charge in [-0.1, -0.05) is 48.5 Å². The van der Waals surface area contributed by atoms with Gasteiger partial charge in [0.25, 0.3) is 5.91 Å². The quantitative estimate of drug-likeness (QED) is 0.913. The number of carbonyl (C=O) groups is 1. The van der Waals surface area contributed by atoms with Crippen molar-refractivity contribution in [2.75, 3.05) is 19.6 Å². The van der Waals surface area contributed by atoms with Crippen LogP contribution in [0.25, 0.3) is 0 Å². The second-order valence-corrected chi connectivity index (χ2v) is 6.83. The van der Waals surface area contributed by atoms with Gasteiger partial charge in [-0.05, 0) is 43.1 Å². The second kappa shape index (κ2) is 7.28. The Kier molecular flexibility index (Phi) is 4.70. The highest BCUT2D eigenvalue weighted by atomic mass is 16.5. The highest BCUT2D eigenvalue weighted by Gasteiger charge is 2.30. The van der Waals surface area contributed by atoms with Gasteiger partial charge in [-0.3, -0.25) is 9.69 Å². The predicted octanol–water partition coefficient (Wildman–Crippen LogP) is 2.94. The van der Waals surface area contributed by atoms with E-state index in [9.17, 15) is 4.79 Å². The zero-order chi connectivity index (χ0) is 17.1. The summed E-state index contributed by atoms with van der Waals surface area (Å²) in [5.74, 6) is 0.818. The molecule has 1 N–H and O–H groups in total. The minimum absolute atomic E-state index is 0.0173. The van der Waals surface area contributed by atoms with Crippen molar-refractivity contribution in [1.82, 2.24) is 10.2 Å². The monoisotopic (exact) mass is 336 g/mol. The molecule has 0 unspecified atom stereocenters. The molecular weight excluding hydrogens is 312 g/mol. The summed E-state index contributed by atoms with van der Waals surface area (Å²) in [6.07, 6.45) is 2.71. The standard InChI is InChI=1S/C21H24N2O2/c24-21(20-14-17-10-4-5-11-19(17)25-20)22-15-18(23-12-6-7-13-23)16-8-2-1-3-9-16/h1-5,8-11,18,20H,6-7,12-15H2,(H,22,24)/t18-,20+/m0/s1. The van der Waals surface area contributed by atoms with Crippen LogP contribution in [0.2, 0.25) is 0 Å². The number of hydrogen-bond acceptors (Lipinski definition) is 3. The fourth-order valence-electron chi connectivity index (χ4n) is 3.83. The van der Waals surface area contributed by atoms with Crippen molar-refractivity contribution in [1.29, 1.82) is 0 Å². The number of hydrogen-bond donors (Lipinski definition) is 1. The molecule has 0 saturated carbocycles. The van der Waals surface area contributed by atoms with Crippen LogP contribution in [0.15, 0.2) is 54.6 Å². The summed E-state index contributed by atoms with van der Waals surface area (Å²) < 4.78 is 5.81. The van der Waals surface area contributed by atoms with Gasteiger partial charge in [0.2, 0.25) is 0 Å². The zero-order valence-corrected chi connectivity index (χ0v) is 14.4. The Morgan fingerprint density at radius 2 is 1.80 bits per heavy atom. The van der Waals surface area contributed by atoms with Crippen LogP contribution in [-0.2, 0) is 11.2 Å². The van der Waals surface area contributed by atoms with E-state index in [2.05, 4.69) is 34.5 Å². The molecule has 130 valence electrons. The number of carbonyl (C=O) groups excluding carboxylic acids is 1.